The fourth-order valence-electron chi connectivity index (χ4n) is 5.23. The highest BCUT2D eigenvalue weighted by Gasteiger charge is 2.41. The van der Waals surface area contributed by atoms with Gasteiger partial charge in [-0.2, -0.15) is 0 Å². The molecule has 5 rings (SSSR count). The Hall–Kier alpha value is -3.87. The monoisotopic (exact) mass is 473 g/mol. The number of hydrogen-bond acceptors (Lipinski definition) is 6. The van der Waals surface area contributed by atoms with Gasteiger partial charge in [0.05, 0.1) is 33.3 Å². The number of piperazine rings is 1. The maximum atomic E-state index is 13.7. The fraction of sp³-hybridized carbons (Fsp3) is 0.321. The van der Waals surface area contributed by atoms with Gasteiger partial charge in [0.1, 0.15) is 5.75 Å². The summed E-state index contributed by atoms with van der Waals surface area (Å²) >= 11 is 0. The Morgan fingerprint density at radius 3 is 2.43 bits per heavy atom. The van der Waals surface area contributed by atoms with Crippen LogP contribution in [0.25, 0.3) is 0 Å². The Morgan fingerprint density at radius 1 is 0.886 bits per heavy atom. The van der Waals surface area contributed by atoms with Crippen LogP contribution in [-0.4, -0.2) is 52.9 Å². The number of anilines is 3. The van der Waals surface area contributed by atoms with Crippen molar-refractivity contribution in [1.82, 2.24) is 0 Å². The van der Waals surface area contributed by atoms with E-state index in [1.165, 1.54) is 11.3 Å². The highest BCUT2D eigenvalue weighted by atomic mass is 16.5. The van der Waals surface area contributed by atoms with Crippen molar-refractivity contribution in [2.45, 2.75) is 12.5 Å². The molecule has 3 aromatic rings. The number of benzene rings is 3. The molecular formula is C28H31N3O4. The van der Waals surface area contributed by atoms with E-state index in [9.17, 15) is 4.79 Å². The van der Waals surface area contributed by atoms with Crippen LogP contribution in [0.2, 0.25) is 0 Å². The molecular weight excluding hydrogens is 442 g/mol. The zero-order chi connectivity index (χ0) is 24.4. The number of amides is 1. The topological polar surface area (TPSA) is 63.3 Å². The summed E-state index contributed by atoms with van der Waals surface area (Å²) in [5.74, 6) is 1.84. The summed E-state index contributed by atoms with van der Waals surface area (Å²) in [7, 11) is 4.88. The van der Waals surface area contributed by atoms with Crippen molar-refractivity contribution in [2.24, 2.45) is 5.92 Å². The molecule has 1 amide bonds. The van der Waals surface area contributed by atoms with Gasteiger partial charge in [0.2, 0.25) is 5.91 Å². The molecule has 0 aliphatic carbocycles. The predicted octanol–water partition coefficient (Wildman–Crippen LogP) is 4.22. The van der Waals surface area contributed by atoms with Crippen molar-refractivity contribution in [3.8, 4) is 17.2 Å². The number of ether oxygens (including phenoxy) is 3. The van der Waals surface area contributed by atoms with E-state index in [0.29, 0.717) is 23.6 Å². The van der Waals surface area contributed by atoms with Crippen molar-refractivity contribution in [1.29, 1.82) is 0 Å². The molecule has 0 spiro atoms. The van der Waals surface area contributed by atoms with Gasteiger partial charge in [-0.25, -0.2) is 0 Å². The van der Waals surface area contributed by atoms with Crippen molar-refractivity contribution in [2.75, 3.05) is 56.1 Å². The first kappa shape index (κ1) is 22.9. The Kier molecular flexibility index (Phi) is 6.40. The number of carbonyl (C=O) groups excluding carboxylic acids is 1. The lowest BCUT2D eigenvalue weighted by Crippen LogP contribution is -2.60. The number of nitrogens with one attached hydrogen (secondary N) is 1. The van der Waals surface area contributed by atoms with Crippen molar-refractivity contribution < 1.29 is 19.0 Å². The standard InChI is InChI=1S/C28H31N3O4/c1-33-22-11-9-19-15-23(28(32)29-20-10-12-26(34-2)27(16-20)35-3)25-18-30(21-7-5-4-6-8-21)13-14-31(25)24(19)17-22/h4-12,16-17,23,25H,13-15,18H2,1-3H3,(H,29,32)/t23-,25+/m0/s1. The molecule has 0 unspecified atom stereocenters. The molecule has 0 aromatic heterocycles. The lowest BCUT2D eigenvalue weighted by Gasteiger charge is -2.49. The third-order valence-corrected chi connectivity index (χ3v) is 7.03. The van der Waals surface area contributed by atoms with E-state index < -0.39 is 0 Å². The lowest BCUT2D eigenvalue weighted by molar-refractivity contribution is -0.120. The van der Waals surface area contributed by atoms with Crippen LogP contribution < -0.4 is 29.3 Å². The molecule has 3 aromatic carbocycles. The minimum absolute atomic E-state index is 0.00333. The van der Waals surface area contributed by atoms with Gasteiger partial charge in [-0.15, -0.1) is 0 Å². The molecule has 0 bridgehead atoms. The third kappa shape index (κ3) is 4.46. The molecule has 0 radical (unpaired) electrons. The van der Waals surface area contributed by atoms with Gasteiger partial charge in [-0.05, 0) is 42.3 Å². The molecule has 2 atom stereocenters. The van der Waals surface area contributed by atoms with Crippen LogP contribution in [-0.2, 0) is 11.2 Å². The van der Waals surface area contributed by atoms with Crippen LogP contribution in [0.3, 0.4) is 0 Å². The Morgan fingerprint density at radius 2 is 1.69 bits per heavy atom. The number of methoxy groups -OCH3 is 3. The molecule has 1 N–H and O–H groups in total. The van der Waals surface area contributed by atoms with Gasteiger partial charge >= 0.3 is 0 Å². The highest BCUT2D eigenvalue weighted by Crippen LogP contribution is 2.39. The number of para-hydroxylation sites is 1. The molecule has 2 heterocycles. The molecule has 182 valence electrons. The molecule has 7 nitrogen and oxygen atoms in total. The van der Waals surface area contributed by atoms with Crippen molar-refractivity contribution >= 4 is 23.0 Å². The molecule has 0 saturated carbocycles. The number of fused-ring (bicyclic) bond motifs is 3. The fourth-order valence-corrected chi connectivity index (χ4v) is 5.23. The van der Waals surface area contributed by atoms with Crippen LogP contribution in [0.15, 0.2) is 66.7 Å². The van der Waals surface area contributed by atoms with Crippen LogP contribution in [0.5, 0.6) is 17.2 Å². The second kappa shape index (κ2) is 9.78. The summed E-state index contributed by atoms with van der Waals surface area (Å²) in [6.45, 7) is 2.49. The molecule has 2 aliphatic rings. The summed E-state index contributed by atoms with van der Waals surface area (Å²) in [5.41, 5.74) is 4.21. The summed E-state index contributed by atoms with van der Waals surface area (Å²) in [4.78, 5) is 18.5. The Bertz CT molecular complexity index is 1200. The maximum absolute atomic E-state index is 13.7. The van der Waals surface area contributed by atoms with Crippen LogP contribution >= 0.6 is 0 Å². The average molecular weight is 474 g/mol. The number of carbonyl (C=O) groups is 1. The number of hydrogen-bond donors (Lipinski definition) is 1. The largest absolute Gasteiger partial charge is 0.497 e. The molecule has 1 fully saturated rings. The van der Waals surface area contributed by atoms with E-state index in [4.69, 9.17) is 14.2 Å². The van der Waals surface area contributed by atoms with Gasteiger partial charge in [0.15, 0.2) is 11.5 Å². The van der Waals surface area contributed by atoms with Gasteiger partial charge in [-0.3, -0.25) is 4.79 Å². The SMILES string of the molecule is COc1ccc2c(c1)N1CCN(c3ccccc3)C[C@@H]1[C@@H](C(=O)Nc1ccc(OC)c(OC)c1)C2. The average Bonchev–Trinajstić information content (AvgIpc) is 2.92. The maximum Gasteiger partial charge on any atom is 0.229 e. The molecule has 35 heavy (non-hydrogen) atoms. The van der Waals surface area contributed by atoms with Gasteiger partial charge in [0.25, 0.3) is 0 Å². The summed E-state index contributed by atoms with van der Waals surface area (Å²) in [5, 5.41) is 3.13. The van der Waals surface area contributed by atoms with Crippen LogP contribution in [0.1, 0.15) is 5.56 Å². The Labute approximate surface area is 206 Å². The smallest absolute Gasteiger partial charge is 0.229 e. The summed E-state index contributed by atoms with van der Waals surface area (Å²) in [6, 6.07) is 22.1. The Balaban J connectivity index is 1.45. The van der Waals surface area contributed by atoms with Gasteiger partial charge in [0, 0.05) is 48.8 Å². The summed E-state index contributed by atoms with van der Waals surface area (Å²) in [6.07, 6.45) is 0.669. The number of nitrogens with zero attached hydrogens (tertiary/aromatic N) is 2. The normalized spacial score (nSPS) is 18.8. The van der Waals surface area contributed by atoms with Crippen molar-refractivity contribution in [3.63, 3.8) is 0 Å². The van der Waals surface area contributed by atoms with Crippen molar-refractivity contribution in [3.05, 3.63) is 72.3 Å². The first-order valence-electron chi connectivity index (χ1n) is 11.9. The van der Waals surface area contributed by atoms with E-state index >= 15 is 0 Å². The second-order valence-electron chi connectivity index (χ2n) is 8.91. The predicted molar refractivity (Wildman–Crippen MR) is 138 cm³/mol. The zero-order valence-electron chi connectivity index (χ0n) is 20.4. The minimum Gasteiger partial charge on any atom is -0.497 e. The molecule has 2 aliphatic heterocycles. The molecule has 7 heteroatoms. The second-order valence-corrected chi connectivity index (χ2v) is 8.91. The number of rotatable bonds is 6. The van der Waals surface area contributed by atoms with Crippen LogP contribution in [0, 0.1) is 5.92 Å². The first-order chi connectivity index (χ1) is 17.1. The summed E-state index contributed by atoms with van der Waals surface area (Å²) < 4.78 is 16.3. The first-order valence-corrected chi connectivity index (χ1v) is 11.9. The third-order valence-electron chi connectivity index (χ3n) is 7.03. The lowest BCUT2D eigenvalue weighted by atomic mass is 9.83. The van der Waals surface area contributed by atoms with E-state index in [0.717, 1.165) is 31.1 Å². The zero-order valence-corrected chi connectivity index (χ0v) is 20.4. The highest BCUT2D eigenvalue weighted by molar-refractivity contribution is 5.94. The van der Waals surface area contributed by atoms with Gasteiger partial charge in [-0.1, -0.05) is 24.3 Å². The molecule has 1 saturated heterocycles. The van der Waals surface area contributed by atoms with Crippen LogP contribution in [0.4, 0.5) is 17.1 Å². The van der Waals surface area contributed by atoms with E-state index in [1.807, 2.05) is 18.2 Å². The van der Waals surface area contributed by atoms with E-state index in [1.54, 1.807) is 33.5 Å². The quantitative estimate of drug-likeness (QED) is 0.579. The minimum atomic E-state index is -0.212. The van der Waals surface area contributed by atoms with E-state index in [-0.39, 0.29) is 17.9 Å². The van der Waals surface area contributed by atoms with E-state index in [2.05, 4.69) is 51.5 Å². The van der Waals surface area contributed by atoms with Gasteiger partial charge < -0.3 is 29.3 Å².